The van der Waals surface area contributed by atoms with Gasteiger partial charge in [0.15, 0.2) is 5.65 Å². The minimum atomic E-state index is 0.754. The summed E-state index contributed by atoms with van der Waals surface area (Å²) in [7, 11) is 1.91. The number of imidazole rings is 1. The Bertz CT molecular complexity index is 713. The van der Waals surface area contributed by atoms with E-state index in [1.165, 1.54) is 5.56 Å². The number of nitrogens with zero attached hydrogens (tertiary/aromatic N) is 3. The third kappa shape index (κ3) is 2.42. The average molecular weight is 266 g/mol. The quantitative estimate of drug-likeness (QED) is 0.789. The van der Waals surface area contributed by atoms with Crippen molar-refractivity contribution in [1.29, 1.82) is 0 Å². The van der Waals surface area contributed by atoms with Crippen molar-refractivity contribution in [3.05, 3.63) is 53.9 Å². The van der Waals surface area contributed by atoms with Gasteiger partial charge in [-0.05, 0) is 31.2 Å². The average Bonchev–Trinajstić information content (AvgIpc) is 2.89. The van der Waals surface area contributed by atoms with Crippen molar-refractivity contribution in [3.63, 3.8) is 0 Å². The first-order valence-electron chi connectivity index (χ1n) is 6.89. The van der Waals surface area contributed by atoms with Crippen LogP contribution in [0.3, 0.4) is 0 Å². The first-order valence-corrected chi connectivity index (χ1v) is 6.89. The number of rotatable bonds is 4. The minimum Gasteiger partial charge on any atom is -0.314 e. The molecule has 0 unspecified atom stereocenters. The van der Waals surface area contributed by atoms with E-state index >= 15 is 0 Å². The van der Waals surface area contributed by atoms with Crippen molar-refractivity contribution in [2.24, 2.45) is 0 Å². The Morgan fingerprint density at radius 2 is 1.90 bits per heavy atom. The van der Waals surface area contributed by atoms with Crippen LogP contribution in [0.1, 0.15) is 18.2 Å². The van der Waals surface area contributed by atoms with E-state index in [4.69, 9.17) is 0 Å². The topological polar surface area (TPSA) is 42.2 Å². The summed E-state index contributed by atoms with van der Waals surface area (Å²) in [4.78, 5) is 4.50. The second-order valence-corrected chi connectivity index (χ2v) is 4.83. The zero-order valence-electron chi connectivity index (χ0n) is 11.8. The largest absolute Gasteiger partial charge is 0.314 e. The van der Waals surface area contributed by atoms with Crippen LogP contribution in [0.15, 0.2) is 42.6 Å². The van der Waals surface area contributed by atoms with Crippen molar-refractivity contribution in [3.8, 4) is 11.3 Å². The van der Waals surface area contributed by atoms with Gasteiger partial charge in [-0.2, -0.15) is 5.10 Å². The monoisotopic (exact) mass is 266 g/mol. The molecule has 0 aliphatic heterocycles. The summed E-state index contributed by atoms with van der Waals surface area (Å²) >= 11 is 0. The highest BCUT2D eigenvalue weighted by Crippen LogP contribution is 2.18. The van der Waals surface area contributed by atoms with E-state index in [0.717, 1.165) is 35.6 Å². The lowest BCUT2D eigenvalue weighted by Crippen LogP contribution is -2.04. The summed E-state index contributed by atoms with van der Waals surface area (Å²) in [6, 6.07) is 12.6. The summed E-state index contributed by atoms with van der Waals surface area (Å²) in [6.45, 7) is 2.91. The lowest BCUT2D eigenvalue weighted by atomic mass is 10.1. The molecule has 0 saturated heterocycles. The maximum atomic E-state index is 4.63. The van der Waals surface area contributed by atoms with Gasteiger partial charge in [0.25, 0.3) is 0 Å². The molecule has 20 heavy (non-hydrogen) atoms. The van der Waals surface area contributed by atoms with Crippen LogP contribution in [0.2, 0.25) is 0 Å². The molecule has 0 spiro atoms. The van der Waals surface area contributed by atoms with Crippen molar-refractivity contribution in [1.82, 2.24) is 19.9 Å². The molecular formula is C16H18N4. The highest BCUT2D eigenvalue weighted by atomic mass is 15.2. The highest BCUT2D eigenvalue weighted by molar-refractivity contribution is 5.60. The molecule has 4 heteroatoms. The zero-order chi connectivity index (χ0) is 13.9. The van der Waals surface area contributed by atoms with E-state index < -0.39 is 0 Å². The molecule has 0 aliphatic carbocycles. The van der Waals surface area contributed by atoms with Crippen LogP contribution in [0, 0.1) is 0 Å². The van der Waals surface area contributed by atoms with Crippen molar-refractivity contribution in [2.75, 3.05) is 7.05 Å². The third-order valence-electron chi connectivity index (χ3n) is 3.39. The van der Waals surface area contributed by atoms with Crippen LogP contribution in [0.5, 0.6) is 0 Å². The van der Waals surface area contributed by atoms with Gasteiger partial charge >= 0.3 is 0 Å². The Balaban J connectivity index is 1.98. The van der Waals surface area contributed by atoms with Gasteiger partial charge < -0.3 is 5.32 Å². The normalized spacial score (nSPS) is 11.1. The number of aromatic nitrogens is 3. The van der Waals surface area contributed by atoms with Gasteiger partial charge in [-0.25, -0.2) is 9.50 Å². The van der Waals surface area contributed by atoms with E-state index in [-0.39, 0.29) is 0 Å². The molecular weight excluding hydrogens is 248 g/mol. The Hall–Kier alpha value is -2.20. The Morgan fingerprint density at radius 3 is 2.60 bits per heavy atom. The van der Waals surface area contributed by atoms with E-state index in [1.807, 2.05) is 29.9 Å². The molecule has 1 N–H and O–H groups in total. The summed E-state index contributed by atoms with van der Waals surface area (Å²) in [5.74, 6) is 0. The summed E-state index contributed by atoms with van der Waals surface area (Å²) < 4.78 is 1.84. The Kier molecular flexibility index (Phi) is 3.48. The number of fused-ring (bicyclic) bond motifs is 1. The SMILES string of the molecule is CCc1ccc(-c2ccc3nc(CNC)cn3n2)cc1. The number of aryl methyl sites for hydroxylation is 1. The van der Waals surface area contributed by atoms with Gasteiger partial charge in [0.2, 0.25) is 0 Å². The maximum Gasteiger partial charge on any atom is 0.153 e. The van der Waals surface area contributed by atoms with Crippen LogP contribution >= 0.6 is 0 Å². The van der Waals surface area contributed by atoms with Gasteiger partial charge in [-0.1, -0.05) is 31.2 Å². The van der Waals surface area contributed by atoms with Gasteiger partial charge in [0.1, 0.15) is 0 Å². The van der Waals surface area contributed by atoms with Crippen LogP contribution in [0.25, 0.3) is 16.9 Å². The smallest absolute Gasteiger partial charge is 0.153 e. The molecule has 0 bridgehead atoms. The number of hydrogen-bond acceptors (Lipinski definition) is 3. The van der Waals surface area contributed by atoms with Gasteiger partial charge in [-0.3, -0.25) is 0 Å². The van der Waals surface area contributed by atoms with Crippen LogP contribution in [0.4, 0.5) is 0 Å². The summed E-state index contributed by atoms with van der Waals surface area (Å²) in [5.41, 5.74) is 5.32. The first kappa shape index (κ1) is 12.8. The number of benzene rings is 1. The van der Waals surface area contributed by atoms with E-state index in [9.17, 15) is 0 Å². The van der Waals surface area contributed by atoms with Gasteiger partial charge in [0, 0.05) is 12.1 Å². The fourth-order valence-electron chi connectivity index (χ4n) is 2.26. The first-order chi connectivity index (χ1) is 9.80. The predicted octanol–water partition coefficient (Wildman–Crippen LogP) is 2.68. The number of hydrogen-bond donors (Lipinski definition) is 1. The molecule has 0 fully saturated rings. The molecule has 2 aromatic heterocycles. The Morgan fingerprint density at radius 1 is 1.10 bits per heavy atom. The molecule has 3 rings (SSSR count). The molecule has 3 aromatic rings. The lowest BCUT2D eigenvalue weighted by Gasteiger charge is -2.02. The molecule has 0 aliphatic rings. The molecule has 0 saturated carbocycles. The third-order valence-corrected chi connectivity index (χ3v) is 3.39. The van der Waals surface area contributed by atoms with E-state index in [0.29, 0.717) is 0 Å². The van der Waals surface area contributed by atoms with Crippen molar-refractivity contribution in [2.45, 2.75) is 19.9 Å². The standard InChI is InChI=1S/C16H18N4/c1-3-12-4-6-13(7-5-12)15-8-9-16-18-14(10-17-2)11-20(16)19-15/h4-9,11,17H,3,10H2,1-2H3. The lowest BCUT2D eigenvalue weighted by molar-refractivity contribution is 0.796. The zero-order valence-corrected chi connectivity index (χ0v) is 11.8. The molecule has 102 valence electrons. The fraction of sp³-hybridized carbons (Fsp3) is 0.250. The molecule has 0 amide bonds. The summed E-state index contributed by atoms with van der Waals surface area (Å²) in [6.07, 6.45) is 3.03. The van der Waals surface area contributed by atoms with E-state index in [1.54, 1.807) is 0 Å². The van der Waals surface area contributed by atoms with E-state index in [2.05, 4.69) is 46.6 Å². The molecule has 1 aromatic carbocycles. The van der Waals surface area contributed by atoms with Gasteiger partial charge in [0.05, 0.1) is 17.6 Å². The highest BCUT2D eigenvalue weighted by Gasteiger charge is 2.05. The minimum absolute atomic E-state index is 0.754. The van der Waals surface area contributed by atoms with Crippen LogP contribution in [-0.2, 0) is 13.0 Å². The second-order valence-electron chi connectivity index (χ2n) is 4.83. The van der Waals surface area contributed by atoms with Gasteiger partial charge in [-0.15, -0.1) is 0 Å². The molecule has 0 atom stereocenters. The fourth-order valence-corrected chi connectivity index (χ4v) is 2.26. The number of nitrogens with one attached hydrogen (secondary N) is 1. The summed E-state index contributed by atoms with van der Waals surface area (Å²) in [5, 5.41) is 7.73. The van der Waals surface area contributed by atoms with Crippen LogP contribution < -0.4 is 5.32 Å². The van der Waals surface area contributed by atoms with Crippen molar-refractivity contribution >= 4 is 5.65 Å². The molecule has 4 nitrogen and oxygen atoms in total. The molecule has 2 heterocycles. The van der Waals surface area contributed by atoms with Crippen molar-refractivity contribution < 1.29 is 0 Å². The van der Waals surface area contributed by atoms with Crippen LogP contribution in [-0.4, -0.2) is 21.6 Å². The maximum absolute atomic E-state index is 4.63. The predicted molar refractivity (Wildman–Crippen MR) is 80.6 cm³/mol. The second kappa shape index (κ2) is 5.43. The molecule has 0 radical (unpaired) electrons. The Labute approximate surface area is 118 Å².